The number of amides is 1. The van der Waals surface area contributed by atoms with Crippen LogP contribution in [0.1, 0.15) is 12.8 Å². The van der Waals surface area contributed by atoms with Gasteiger partial charge in [-0.05, 0) is 26.4 Å². The molecule has 0 bridgehead atoms. The van der Waals surface area contributed by atoms with E-state index in [0.717, 1.165) is 19.4 Å². The summed E-state index contributed by atoms with van der Waals surface area (Å²) in [6.45, 7) is 1.08. The summed E-state index contributed by atoms with van der Waals surface area (Å²) in [5, 5.41) is 0. The van der Waals surface area contributed by atoms with Gasteiger partial charge in [-0.2, -0.15) is 0 Å². The maximum atomic E-state index is 10.4. The minimum Gasteiger partial charge on any atom is -0.393 e. The van der Waals surface area contributed by atoms with Gasteiger partial charge in [0.1, 0.15) is 0 Å². The first kappa shape index (κ1) is 11.3. The van der Waals surface area contributed by atoms with Gasteiger partial charge in [0.25, 0.3) is 0 Å². The maximum Gasteiger partial charge on any atom is 0.231 e. The zero-order valence-electron chi connectivity index (χ0n) is 7.25. The largest absolute Gasteiger partial charge is 0.393 e. The molecule has 70 valence electrons. The summed E-state index contributed by atoms with van der Waals surface area (Å²) in [7, 11) is 1.84. The Morgan fingerprint density at radius 1 is 1.50 bits per heavy atom. The van der Waals surface area contributed by atoms with E-state index < -0.39 is 0 Å². The van der Waals surface area contributed by atoms with Crippen LogP contribution in [0.3, 0.4) is 0 Å². The van der Waals surface area contributed by atoms with Crippen LogP contribution in [0, 0.1) is 0 Å². The Hall–Kier alpha value is -0.680. The molecule has 5 heteroatoms. The van der Waals surface area contributed by atoms with Crippen LogP contribution in [0.4, 0.5) is 0 Å². The average molecular weight is 189 g/mol. The van der Waals surface area contributed by atoms with Gasteiger partial charge in [-0.1, -0.05) is 12.2 Å². The molecule has 0 radical (unpaired) electrons. The highest BCUT2D eigenvalue weighted by atomic mass is 32.1. The number of thiocarbonyl (C=S) groups is 1. The highest BCUT2D eigenvalue weighted by molar-refractivity contribution is 7.80. The molecule has 0 aliphatic rings. The third-order valence-corrected chi connectivity index (χ3v) is 1.59. The van der Waals surface area contributed by atoms with E-state index in [4.69, 9.17) is 23.7 Å². The van der Waals surface area contributed by atoms with E-state index in [1.165, 1.54) is 0 Å². The molecule has 0 aromatic carbocycles. The highest BCUT2D eigenvalue weighted by Crippen LogP contribution is 1.92. The van der Waals surface area contributed by atoms with Gasteiger partial charge in [0.05, 0.1) is 11.5 Å². The normalized spacial score (nSPS) is 10.2. The van der Waals surface area contributed by atoms with Crippen molar-refractivity contribution >= 4 is 23.1 Å². The van der Waals surface area contributed by atoms with E-state index in [-0.39, 0.29) is 12.5 Å². The fourth-order valence-electron chi connectivity index (χ4n) is 0.868. The van der Waals surface area contributed by atoms with Gasteiger partial charge in [0.2, 0.25) is 5.91 Å². The first-order valence-corrected chi connectivity index (χ1v) is 4.18. The molecule has 0 aliphatic heterocycles. The molecule has 0 rings (SSSR count). The van der Waals surface area contributed by atoms with Crippen LogP contribution in [0.2, 0.25) is 0 Å². The van der Waals surface area contributed by atoms with E-state index in [2.05, 4.69) is 0 Å². The molecule has 1 amide bonds. The lowest BCUT2D eigenvalue weighted by molar-refractivity contribution is -0.118. The summed E-state index contributed by atoms with van der Waals surface area (Å²) in [5.74, 6) is -0.312. The molecular weight excluding hydrogens is 174 g/mol. The van der Waals surface area contributed by atoms with E-state index in [0.29, 0.717) is 4.99 Å². The van der Waals surface area contributed by atoms with Crippen molar-refractivity contribution in [2.24, 2.45) is 11.5 Å². The lowest BCUT2D eigenvalue weighted by Gasteiger charge is -2.13. The van der Waals surface area contributed by atoms with Crippen molar-refractivity contribution in [1.29, 1.82) is 0 Å². The molecule has 0 fully saturated rings. The third-order valence-electron chi connectivity index (χ3n) is 1.39. The molecular formula is C7H15N3OS. The number of nitrogens with zero attached hydrogens (tertiary/aromatic N) is 1. The molecule has 12 heavy (non-hydrogen) atoms. The predicted molar refractivity (Wildman–Crippen MR) is 52.7 cm³/mol. The fraction of sp³-hybridized carbons (Fsp3) is 0.714. The molecule has 0 aromatic rings. The number of rotatable bonds is 6. The van der Waals surface area contributed by atoms with E-state index in [9.17, 15) is 4.79 Å². The first-order chi connectivity index (χ1) is 5.52. The number of nitrogens with two attached hydrogens (primary N) is 2. The zero-order chi connectivity index (χ0) is 9.56. The zero-order valence-corrected chi connectivity index (χ0v) is 8.06. The van der Waals surface area contributed by atoms with Crippen molar-refractivity contribution in [3.8, 4) is 0 Å². The Bertz CT molecular complexity index is 172. The second-order valence-electron chi connectivity index (χ2n) is 2.77. The van der Waals surface area contributed by atoms with Gasteiger partial charge in [0, 0.05) is 0 Å². The molecule has 0 saturated carbocycles. The summed E-state index contributed by atoms with van der Waals surface area (Å²) in [4.78, 5) is 12.8. The minimum atomic E-state index is -0.312. The third kappa shape index (κ3) is 7.43. The van der Waals surface area contributed by atoms with Crippen LogP contribution in [0.15, 0.2) is 0 Å². The Kier molecular flexibility index (Phi) is 5.57. The van der Waals surface area contributed by atoms with E-state index in [1.54, 1.807) is 0 Å². The summed E-state index contributed by atoms with van der Waals surface area (Å²) in [6.07, 6.45) is 1.59. The molecule has 0 saturated heterocycles. The molecule has 4 nitrogen and oxygen atoms in total. The summed E-state index contributed by atoms with van der Waals surface area (Å²) in [5.41, 5.74) is 10.3. The minimum absolute atomic E-state index is 0.289. The van der Waals surface area contributed by atoms with Crippen LogP contribution in [-0.4, -0.2) is 35.9 Å². The van der Waals surface area contributed by atoms with Gasteiger partial charge in [0.15, 0.2) is 0 Å². The van der Waals surface area contributed by atoms with Crippen molar-refractivity contribution < 1.29 is 4.79 Å². The van der Waals surface area contributed by atoms with Gasteiger partial charge in [-0.3, -0.25) is 9.69 Å². The van der Waals surface area contributed by atoms with Gasteiger partial charge >= 0.3 is 0 Å². The quantitative estimate of drug-likeness (QED) is 0.551. The van der Waals surface area contributed by atoms with Crippen LogP contribution in [0.5, 0.6) is 0 Å². The van der Waals surface area contributed by atoms with E-state index >= 15 is 0 Å². The van der Waals surface area contributed by atoms with Crippen molar-refractivity contribution in [3.63, 3.8) is 0 Å². The molecule has 0 spiro atoms. The maximum absolute atomic E-state index is 10.4. The lowest BCUT2D eigenvalue weighted by Crippen LogP contribution is -2.31. The highest BCUT2D eigenvalue weighted by Gasteiger charge is 2.01. The first-order valence-electron chi connectivity index (χ1n) is 3.77. The van der Waals surface area contributed by atoms with Crippen molar-refractivity contribution in [2.75, 3.05) is 20.1 Å². The van der Waals surface area contributed by atoms with E-state index in [1.807, 2.05) is 11.9 Å². The van der Waals surface area contributed by atoms with Crippen molar-refractivity contribution in [3.05, 3.63) is 0 Å². The average Bonchev–Trinajstić information content (AvgIpc) is 1.84. The topological polar surface area (TPSA) is 72.3 Å². The number of carbonyl (C=O) groups is 1. The van der Waals surface area contributed by atoms with Crippen LogP contribution < -0.4 is 11.5 Å². The summed E-state index contributed by atoms with van der Waals surface area (Å²) in [6, 6.07) is 0. The standard InChI is InChI=1S/C7H15N3OS/c1-10(5-6(8)11)4-2-3-7(9)12/h2-5H2,1H3,(H2,8,11)(H2,9,12). The van der Waals surface area contributed by atoms with Crippen LogP contribution >= 0.6 is 12.2 Å². The summed E-state index contributed by atoms with van der Waals surface area (Å²) < 4.78 is 0. The van der Waals surface area contributed by atoms with Crippen LogP contribution in [0.25, 0.3) is 0 Å². The number of primary amides is 1. The summed E-state index contributed by atoms with van der Waals surface area (Å²) >= 11 is 4.70. The smallest absolute Gasteiger partial charge is 0.231 e. The Labute approximate surface area is 77.9 Å². The van der Waals surface area contributed by atoms with Gasteiger partial charge in [-0.25, -0.2) is 0 Å². The number of likely N-dealkylation sites (N-methyl/N-ethyl adjacent to an activating group) is 1. The Balaban J connectivity index is 3.37. The molecule has 0 heterocycles. The SMILES string of the molecule is CN(CCCC(N)=S)CC(N)=O. The molecule has 0 aromatic heterocycles. The Morgan fingerprint density at radius 3 is 2.50 bits per heavy atom. The Morgan fingerprint density at radius 2 is 2.08 bits per heavy atom. The van der Waals surface area contributed by atoms with Gasteiger partial charge < -0.3 is 11.5 Å². The van der Waals surface area contributed by atoms with Crippen molar-refractivity contribution in [2.45, 2.75) is 12.8 Å². The molecule has 0 aliphatic carbocycles. The number of hydrogen-bond acceptors (Lipinski definition) is 3. The van der Waals surface area contributed by atoms with Crippen LogP contribution in [-0.2, 0) is 4.79 Å². The molecule has 0 unspecified atom stereocenters. The monoisotopic (exact) mass is 189 g/mol. The van der Waals surface area contributed by atoms with Crippen molar-refractivity contribution in [1.82, 2.24) is 4.90 Å². The lowest BCUT2D eigenvalue weighted by atomic mass is 10.3. The molecule has 0 atom stereocenters. The molecule has 4 N–H and O–H groups in total. The fourth-order valence-corrected chi connectivity index (χ4v) is 1.01. The second-order valence-corrected chi connectivity index (χ2v) is 3.30. The number of carbonyl (C=O) groups excluding carboxylic acids is 1. The second kappa shape index (κ2) is 5.91. The predicted octanol–water partition coefficient (Wildman–Crippen LogP) is -0.530. The van der Waals surface area contributed by atoms with Gasteiger partial charge in [-0.15, -0.1) is 0 Å². The number of hydrogen-bond donors (Lipinski definition) is 2.